The summed E-state index contributed by atoms with van der Waals surface area (Å²) in [5.41, 5.74) is 0. The topological polar surface area (TPSA) is 107 Å². The number of carbonyl (C=O) groups excluding carboxylic acids is 1. The molecule has 0 fully saturated rings. The molecule has 16 heavy (non-hydrogen) atoms. The lowest BCUT2D eigenvalue weighted by Crippen LogP contribution is -2.36. The minimum absolute atomic E-state index is 0.425. The van der Waals surface area contributed by atoms with Crippen LogP contribution in [-0.2, 0) is 29.4 Å². The predicted molar refractivity (Wildman–Crippen MR) is 58.3 cm³/mol. The summed E-state index contributed by atoms with van der Waals surface area (Å²) in [7, 11) is -6.57. The minimum atomic E-state index is -4.01. The van der Waals surface area contributed by atoms with Gasteiger partial charge in [-0.15, -0.1) is 11.6 Å². The number of sulfone groups is 1. The maximum absolute atomic E-state index is 11.2. The summed E-state index contributed by atoms with van der Waals surface area (Å²) in [5, 5.41) is -2.25. The third kappa shape index (κ3) is 6.99. The molecule has 96 valence electrons. The highest BCUT2D eigenvalue weighted by Crippen LogP contribution is 1.99. The van der Waals surface area contributed by atoms with Crippen LogP contribution in [0.4, 0.5) is 0 Å². The predicted octanol–water partition coefficient (Wildman–Crippen LogP) is -1.31. The Hall–Kier alpha value is -0.380. The molecule has 0 aliphatic rings. The van der Waals surface area contributed by atoms with Crippen molar-refractivity contribution in [3.63, 3.8) is 0 Å². The van der Waals surface area contributed by atoms with Crippen LogP contribution >= 0.6 is 11.6 Å². The van der Waals surface area contributed by atoms with E-state index in [1.807, 2.05) is 4.72 Å². The summed E-state index contributed by atoms with van der Waals surface area (Å²) in [4.78, 5) is 10.8. The number of hydrogen-bond donors (Lipinski definition) is 1. The van der Waals surface area contributed by atoms with Gasteiger partial charge in [0.2, 0.25) is 10.0 Å². The van der Waals surface area contributed by atoms with Gasteiger partial charge in [0.25, 0.3) is 0 Å². The number of ether oxygens (including phenoxy) is 1. The van der Waals surface area contributed by atoms with E-state index in [2.05, 4.69) is 4.74 Å². The Kier molecular flexibility index (Phi) is 5.66. The van der Waals surface area contributed by atoms with Gasteiger partial charge in [-0.1, -0.05) is 0 Å². The highest BCUT2D eigenvalue weighted by Gasteiger charge is 2.22. The van der Waals surface area contributed by atoms with E-state index < -0.39 is 42.8 Å². The lowest BCUT2D eigenvalue weighted by atomic mass is 10.4. The van der Waals surface area contributed by atoms with Crippen LogP contribution < -0.4 is 4.72 Å². The first-order chi connectivity index (χ1) is 7.07. The normalized spacial score (nSPS) is 14.4. The monoisotopic (exact) mass is 293 g/mol. The van der Waals surface area contributed by atoms with Crippen molar-refractivity contribution in [1.29, 1.82) is 0 Å². The quantitative estimate of drug-likeness (QED) is 0.481. The van der Waals surface area contributed by atoms with Gasteiger partial charge in [0.15, 0.2) is 14.9 Å². The van der Waals surface area contributed by atoms with Gasteiger partial charge in [0, 0.05) is 12.8 Å². The molecule has 0 aromatic rings. The van der Waals surface area contributed by atoms with Crippen LogP contribution in [0.5, 0.6) is 0 Å². The van der Waals surface area contributed by atoms with Crippen molar-refractivity contribution in [1.82, 2.24) is 4.72 Å². The van der Waals surface area contributed by atoms with Crippen molar-refractivity contribution in [3.05, 3.63) is 0 Å². The van der Waals surface area contributed by atoms with Gasteiger partial charge in [-0.2, -0.15) is 0 Å². The number of halogens is 1. The summed E-state index contributed by atoms with van der Waals surface area (Å²) in [5.74, 6) is -0.802. The Morgan fingerprint density at radius 1 is 1.38 bits per heavy atom. The molecule has 1 unspecified atom stereocenters. The molecule has 0 rings (SSSR count). The molecule has 1 N–H and O–H groups in total. The molecule has 0 amide bonds. The Morgan fingerprint density at radius 3 is 2.25 bits per heavy atom. The zero-order chi connectivity index (χ0) is 13.0. The molecule has 0 heterocycles. The van der Waals surface area contributed by atoms with E-state index in [1.165, 1.54) is 0 Å². The molecule has 0 saturated carbocycles. The Balaban J connectivity index is 4.37. The van der Waals surface area contributed by atoms with Crippen molar-refractivity contribution < 1.29 is 26.4 Å². The highest BCUT2D eigenvalue weighted by atomic mass is 35.5. The molecular formula is C6H12ClNO6S2. The van der Waals surface area contributed by atoms with Crippen molar-refractivity contribution in [2.75, 3.05) is 25.0 Å². The van der Waals surface area contributed by atoms with Gasteiger partial charge in [0.05, 0.1) is 7.11 Å². The molecule has 10 heteroatoms. The van der Waals surface area contributed by atoms with Gasteiger partial charge >= 0.3 is 5.97 Å². The van der Waals surface area contributed by atoms with Gasteiger partial charge in [-0.25, -0.2) is 21.6 Å². The fourth-order valence-electron chi connectivity index (χ4n) is 0.735. The van der Waals surface area contributed by atoms with Crippen molar-refractivity contribution in [3.8, 4) is 0 Å². The maximum Gasteiger partial charge on any atom is 0.325 e. The molecule has 0 aromatic carbocycles. The lowest BCUT2D eigenvalue weighted by molar-refractivity contribution is -0.140. The number of carbonyl (C=O) groups is 1. The van der Waals surface area contributed by atoms with E-state index in [-0.39, 0.29) is 0 Å². The zero-order valence-corrected chi connectivity index (χ0v) is 11.0. The van der Waals surface area contributed by atoms with Crippen LogP contribution in [0.2, 0.25) is 0 Å². The second-order valence-electron chi connectivity index (χ2n) is 3.00. The largest absolute Gasteiger partial charge is 0.468 e. The molecule has 0 aromatic heterocycles. The van der Waals surface area contributed by atoms with Crippen LogP contribution in [0, 0.1) is 0 Å². The molecule has 0 bridgehead atoms. The molecule has 7 nitrogen and oxygen atoms in total. The number of methoxy groups -OCH3 is 1. The maximum atomic E-state index is 11.2. The van der Waals surface area contributed by atoms with Crippen LogP contribution in [0.1, 0.15) is 0 Å². The van der Waals surface area contributed by atoms with E-state index in [0.29, 0.717) is 0 Å². The van der Waals surface area contributed by atoms with Gasteiger partial charge in [-0.3, -0.25) is 4.79 Å². The number of rotatable bonds is 6. The van der Waals surface area contributed by atoms with E-state index in [1.54, 1.807) is 0 Å². The molecule has 0 aliphatic heterocycles. The smallest absolute Gasteiger partial charge is 0.325 e. The first-order valence-corrected chi connectivity index (χ1v) is 8.09. The van der Waals surface area contributed by atoms with Gasteiger partial charge < -0.3 is 4.74 Å². The molecule has 0 saturated heterocycles. The standard InChI is InChI=1S/C6H12ClNO6S2/c1-14-6(9)5(7)3-8-16(12,13)4-15(2,10)11/h5,8H,3-4H2,1-2H3. The average molecular weight is 294 g/mol. The third-order valence-corrected chi connectivity index (χ3v) is 5.20. The molecule has 0 aliphatic carbocycles. The first-order valence-electron chi connectivity index (χ1n) is 3.94. The van der Waals surface area contributed by atoms with Crippen molar-refractivity contribution >= 4 is 37.4 Å². The Bertz CT molecular complexity index is 442. The summed E-state index contributed by atoms with van der Waals surface area (Å²) in [6.07, 6.45) is 0.782. The molecule has 0 radical (unpaired) electrons. The van der Waals surface area contributed by atoms with E-state index in [9.17, 15) is 21.6 Å². The fourth-order valence-corrected chi connectivity index (χ4v) is 4.00. The van der Waals surface area contributed by atoms with Crippen LogP contribution in [0.25, 0.3) is 0 Å². The number of esters is 1. The molecular weight excluding hydrogens is 282 g/mol. The Labute approximate surface area is 99.1 Å². The summed E-state index contributed by atoms with van der Waals surface area (Å²) in [6, 6.07) is 0. The Morgan fingerprint density at radius 2 is 1.88 bits per heavy atom. The van der Waals surface area contributed by atoms with Crippen molar-refractivity contribution in [2.45, 2.75) is 5.38 Å². The lowest BCUT2D eigenvalue weighted by Gasteiger charge is -2.08. The van der Waals surface area contributed by atoms with Gasteiger partial charge in [0.1, 0.15) is 5.38 Å². The third-order valence-electron chi connectivity index (χ3n) is 1.31. The van der Waals surface area contributed by atoms with E-state index in [0.717, 1.165) is 13.4 Å². The van der Waals surface area contributed by atoms with Crippen LogP contribution in [0.3, 0.4) is 0 Å². The second-order valence-corrected chi connectivity index (χ2v) is 7.84. The average Bonchev–Trinajstić information content (AvgIpc) is 2.09. The SMILES string of the molecule is COC(=O)C(Cl)CNS(=O)(=O)CS(C)(=O)=O. The number of sulfonamides is 1. The second kappa shape index (κ2) is 5.80. The molecule has 0 spiro atoms. The van der Waals surface area contributed by atoms with Crippen LogP contribution in [0.15, 0.2) is 0 Å². The number of hydrogen-bond acceptors (Lipinski definition) is 6. The van der Waals surface area contributed by atoms with E-state index in [4.69, 9.17) is 11.6 Å². The zero-order valence-electron chi connectivity index (χ0n) is 8.64. The highest BCUT2D eigenvalue weighted by molar-refractivity contribution is 8.06. The van der Waals surface area contributed by atoms with Crippen molar-refractivity contribution in [2.24, 2.45) is 0 Å². The summed E-state index contributed by atoms with van der Waals surface area (Å²) in [6.45, 7) is -0.425. The summed E-state index contributed by atoms with van der Waals surface area (Å²) < 4.78 is 49.9. The fraction of sp³-hybridized carbons (Fsp3) is 0.833. The van der Waals surface area contributed by atoms with E-state index >= 15 is 0 Å². The number of nitrogens with one attached hydrogen (secondary N) is 1. The molecule has 1 atom stereocenters. The van der Waals surface area contributed by atoms with Crippen LogP contribution in [-0.4, -0.2) is 53.2 Å². The number of alkyl halides is 1. The minimum Gasteiger partial charge on any atom is -0.468 e. The van der Waals surface area contributed by atoms with Gasteiger partial charge in [-0.05, 0) is 0 Å². The first kappa shape index (κ1) is 15.6. The summed E-state index contributed by atoms with van der Waals surface area (Å²) >= 11 is 5.46.